The molecule has 102 valence electrons. The number of hydrogen-bond acceptors (Lipinski definition) is 4. The Hall–Kier alpha value is -1.11. The molecule has 1 atom stereocenters. The number of methoxy groups -OCH3 is 1. The fraction of sp³-hybridized carbons (Fsp3) is 0.500. The van der Waals surface area contributed by atoms with E-state index in [1.54, 1.807) is 18.2 Å². The molecule has 0 heterocycles. The molecule has 0 aliphatic heterocycles. The van der Waals surface area contributed by atoms with Crippen molar-refractivity contribution in [2.45, 2.75) is 24.8 Å². The summed E-state index contributed by atoms with van der Waals surface area (Å²) in [5.41, 5.74) is 5.57. The maximum Gasteiger partial charge on any atom is 0.244 e. The van der Waals surface area contributed by atoms with E-state index in [2.05, 4.69) is 4.72 Å². The minimum atomic E-state index is -3.61. The van der Waals surface area contributed by atoms with E-state index >= 15 is 0 Å². The van der Waals surface area contributed by atoms with Gasteiger partial charge in [0.2, 0.25) is 10.0 Å². The van der Waals surface area contributed by atoms with Crippen molar-refractivity contribution in [2.24, 2.45) is 11.7 Å². The van der Waals surface area contributed by atoms with E-state index < -0.39 is 10.0 Å². The molecule has 0 saturated heterocycles. The Bertz CT molecular complexity index is 486. The molecule has 5 nitrogen and oxygen atoms in total. The smallest absolute Gasteiger partial charge is 0.244 e. The molecule has 18 heavy (non-hydrogen) atoms. The van der Waals surface area contributed by atoms with Crippen LogP contribution >= 0.6 is 0 Å². The molecule has 6 heteroatoms. The first-order valence-electron chi connectivity index (χ1n) is 5.77. The van der Waals surface area contributed by atoms with Crippen LogP contribution in [0, 0.1) is 5.92 Å². The number of nitrogens with one attached hydrogen (secondary N) is 1. The van der Waals surface area contributed by atoms with Gasteiger partial charge in [0, 0.05) is 12.6 Å². The fourth-order valence-corrected chi connectivity index (χ4v) is 3.13. The van der Waals surface area contributed by atoms with Crippen molar-refractivity contribution in [3.05, 3.63) is 24.3 Å². The van der Waals surface area contributed by atoms with Crippen LogP contribution in [0.25, 0.3) is 0 Å². The molecule has 0 aliphatic carbocycles. The second kappa shape index (κ2) is 6.17. The van der Waals surface area contributed by atoms with Gasteiger partial charge in [-0.1, -0.05) is 26.0 Å². The highest BCUT2D eigenvalue weighted by atomic mass is 32.2. The van der Waals surface area contributed by atoms with Crippen LogP contribution in [-0.4, -0.2) is 28.1 Å². The van der Waals surface area contributed by atoms with Gasteiger partial charge in [-0.3, -0.25) is 0 Å². The van der Waals surface area contributed by atoms with Crippen LogP contribution in [0.3, 0.4) is 0 Å². The van der Waals surface area contributed by atoms with Crippen LogP contribution in [-0.2, 0) is 10.0 Å². The van der Waals surface area contributed by atoms with Crippen molar-refractivity contribution in [2.75, 3.05) is 13.7 Å². The van der Waals surface area contributed by atoms with E-state index in [9.17, 15) is 8.42 Å². The quantitative estimate of drug-likeness (QED) is 0.808. The van der Waals surface area contributed by atoms with Gasteiger partial charge < -0.3 is 10.5 Å². The van der Waals surface area contributed by atoms with Crippen LogP contribution in [0.2, 0.25) is 0 Å². The molecule has 0 saturated carbocycles. The van der Waals surface area contributed by atoms with Crippen LogP contribution < -0.4 is 15.2 Å². The third-order valence-electron chi connectivity index (χ3n) is 2.72. The number of para-hydroxylation sites is 1. The standard InChI is InChI=1S/C12H20N2O3S/c1-9(2)10(8-13)14-18(15,16)12-7-5-4-6-11(12)17-3/h4-7,9-10,14H,8,13H2,1-3H3. The van der Waals surface area contributed by atoms with Gasteiger partial charge in [-0.25, -0.2) is 13.1 Å². The zero-order valence-electron chi connectivity index (χ0n) is 10.9. The fourth-order valence-electron chi connectivity index (χ4n) is 1.56. The molecule has 0 amide bonds. The average Bonchev–Trinajstić information content (AvgIpc) is 2.35. The molecule has 0 aliphatic rings. The second-order valence-electron chi connectivity index (χ2n) is 4.36. The first kappa shape index (κ1) is 14.9. The summed E-state index contributed by atoms with van der Waals surface area (Å²) >= 11 is 0. The first-order valence-corrected chi connectivity index (χ1v) is 7.26. The van der Waals surface area contributed by atoms with Crippen molar-refractivity contribution >= 4 is 10.0 Å². The van der Waals surface area contributed by atoms with E-state index in [0.717, 1.165) is 0 Å². The lowest BCUT2D eigenvalue weighted by Gasteiger charge is -2.21. The molecule has 0 aromatic heterocycles. The number of ether oxygens (including phenoxy) is 1. The SMILES string of the molecule is COc1ccccc1S(=O)(=O)NC(CN)C(C)C. The second-order valence-corrected chi connectivity index (χ2v) is 6.04. The highest BCUT2D eigenvalue weighted by Crippen LogP contribution is 2.23. The molecule has 3 N–H and O–H groups in total. The molecule has 0 radical (unpaired) electrons. The Morgan fingerprint density at radius 2 is 1.94 bits per heavy atom. The van der Waals surface area contributed by atoms with Crippen LogP contribution in [0.1, 0.15) is 13.8 Å². The Balaban J connectivity index is 3.06. The maximum atomic E-state index is 12.2. The Labute approximate surface area is 108 Å². The lowest BCUT2D eigenvalue weighted by molar-refractivity contribution is 0.400. The van der Waals surface area contributed by atoms with Gasteiger partial charge in [-0.05, 0) is 18.1 Å². The highest BCUT2D eigenvalue weighted by Gasteiger charge is 2.24. The summed E-state index contributed by atoms with van der Waals surface area (Å²) < 4.78 is 32.1. The lowest BCUT2D eigenvalue weighted by Crippen LogP contribution is -2.43. The topological polar surface area (TPSA) is 81.4 Å². The number of hydrogen-bond donors (Lipinski definition) is 2. The average molecular weight is 272 g/mol. The number of rotatable bonds is 6. The molecule has 0 spiro atoms. The van der Waals surface area contributed by atoms with E-state index in [4.69, 9.17) is 10.5 Å². The lowest BCUT2D eigenvalue weighted by atomic mass is 10.1. The van der Waals surface area contributed by atoms with E-state index in [-0.39, 0.29) is 23.4 Å². The molecule has 0 fully saturated rings. The van der Waals surface area contributed by atoms with Crippen molar-refractivity contribution in [3.63, 3.8) is 0 Å². The molecule has 0 bridgehead atoms. The predicted octanol–water partition coefficient (Wildman–Crippen LogP) is 0.957. The zero-order valence-corrected chi connectivity index (χ0v) is 11.7. The predicted molar refractivity (Wildman–Crippen MR) is 71.0 cm³/mol. The molecule has 1 rings (SSSR count). The first-order chi connectivity index (χ1) is 8.42. The Morgan fingerprint density at radius 1 is 1.33 bits per heavy atom. The summed E-state index contributed by atoms with van der Waals surface area (Å²) in [4.78, 5) is 0.131. The third kappa shape index (κ3) is 3.44. The summed E-state index contributed by atoms with van der Waals surface area (Å²) in [5.74, 6) is 0.448. The van der Waals surface area contributed by atoms with Crippen molar-refractivity contribution in [1.82, 2.24) is 4.72 Å². The van der Waals surface area contributed by atoms with Crippen LogP contribution in [0.5, 0.6) is 5.75 Å². The highest BCUT2D eigenvalue weighted by molar-refractivity contribution is 7.89. The number of benzene rings is 1. The summed E-state index contributed by atoms with van der Waals surface area (Å²) in [6, 6.07) is 6.21. The van der Waals surface area contributed by atoms with E-state index in [0.29, 0.717) is 5.75 Å². The Kier molecular flexibility index (Phi) is 5.13. The van der Waals surface area contributed by atoms with Gasteiger partial charge in [-0.2, -0.15) is 0 Å². The monoisotopic (exact) mass is 272 g/mol. The van der Waals surface area contributed by atoms with E-state index in [1.807, 2.05) is 13.8 Å². The van der Waals surface area contributed by atoms with Crippen molar-refractivity contribution in [3.8, 4) is 5.75 Å². The van der Waals surface area contributed by atoms with Gasteiger partial charge in [0.05, 0.1) is 7.11 Å². The van der Waals surface area contributed by atoms with Crippen molar-refractivity contribution in [1.29, 1.82) is 0 Å². The number of sulfonamides is 1. The molecule has 1 aromatic rings. The van der Waals surface area contributed by atoms with Crippen LogP contribution in [0.15, 0.2) is 29.2 Å². The van der Waals surface area contributed by atoms with Gasteiger partial charge >= 0.3 is 0 Å². The summed E-state index contributed by atoms with van der Waals surface area (Å²) in [7, 11) is -2.17. The Morgan fingerprint density at radius 3 is 2.44 bits per heavy atom. The summed E-state index contributed by atoms with van der Waals surface area (Å²) in [5, 5.41) is 0. The third-order valence-corrected chi connectivity index (χ3v) is 4.25. The molecular weight excluding hydrogens is 252 g/mol. The largest absolute Gasteiger partial charge is 0.495 e. The summed E-state index contributed by atoms with van der Waals surface area (Å²) in [6.07, 6.45) is 0. The molecule has 1 aromatic carbocycles. The van der Waals surface area contributed by atoms with Gasteiger partial charge in [-0.15, -0.1) is 0 Å². The van der Waals surface area contributed by atoms with Gasteiger partial charge in [0.1, 0.15) is 10.6 Å². The van der Waals surface area contributed by atoms with Gasteiger partial charge in [0.25, 0.3) is 0 Å². The maximum absolute atomic E-state index is 12.2. The van der Waals surface area contributed by atoms with Crippen LogP contribution in [0.4, 0.5) is 0 Å². The normalized spacial score (nSPS) is 13.6. The molecule has 1 unspecified atom stereocenters. The summed E-state index contributed by atoms with van der Waals surface area (Å²) in [6.45, 7) is 4.09. The minimum Gasteiger partial charge on any atom is -0.495 e. The number of nitrogens with two attached hydrogens (primary N) is 1. The minimum absolute atomic E-state index is 0.125. The van der Waals surface area contributed by atoms with Gasteiger partial charge in [0.15, 0.2) is 0 Å². The zero-order chi connectivity index (χ0) is 13.8. The molecular formula is C12H20N2O3S. The van der Waals surface area contributed by atoms with E-state index in [1.165, 1.54) is 13.2 Å². The van der Waals surface area contributed by atoms with Crippen molar-refractivity contribution < 1.29 is 13.2 Å².